The number of hydrogen-bond acceptors (Lipinski definition) is 3. The third kappa shape index (κ3) is 2.79. The Hall–Kier alpha value is -2.62. The van der Waals surface area contributed by atoms with E-state index in [9.17, 15) is 4.79 Å². The normalized spacial score (nSPS) is 20.2. The van der Waals surface area contributed by atoms with Gasteiger partial charge in [-0.1, -0.05) is 44.2 Å². The van der Waals surface area contributed by atoms with E-state index in [1.165, 1.54) is 7.11 Å². The number of rotatable bonds is 3. The van der Waals surface area contributed by atoms with Crippen molar-refractivity contribution in [2.24, 2.45) is 11.8 Å². The molecule has 0 aliphatic heterocycles. The van der Waals surface area contributed by atoms with E-state index in [1.54, 1.807) is 0 Å². The number of H-pyrrole nitrogens is 1. The van der Waals surface area contributed by atoms with Gasteiger partial charge in [0.05, 0.1) is 18.3 Å². The second kappa shape index (κ2) is 6.60. The average Bonchev–Trinajstić information content (AvgIpc) is 3.05. The molecule has 0 radical (unpaired) electrons. The minimum atomic E-state index is -0.390. The highest BCUT2D eigenvalue weighted by Gasteiger charge is 2.24. The molecule has 0 amide bonds. The number of carbonyl (C=O) groups excluding carboxylic acids is 1. The first kappa shape index (κ1) is 16.8. The van der Waals surface area contributed by atoms with Crippen molar-refractivity contribution in [1.82, 2.24) is 9.97 Å². The number of para-hydroxylation sites is 1. The molecule has 2 aromatic heterocycles. The number of nitrogens with one attached hydrogen (secondary N) is 1. The third-order valence-corrected chi connectivity index (χ3v) is 5.53. The van der Waals surface area contributed by atoms with Crippen molar-refractivity contribution in [1.29, 1.82) is 0 Å². The lowest BCUT2D eigenvalue weighted by Crippen LogP contribution is -2.15. The highest BCUT2D eigenvalue weighted by molar-refractivity contribution is 6.09. The van der Waals surface area contributed by atoms with E-state index in [1.807, 2.05) is 18.2 Å². The van der Waals surface area contributed by atoms with Crippen molar-refractivity contribution >= 4 is 27.8 Å². The predicted octanol–water partition coefficient (Wildman–Crippen LogP) is 5.21. The lowest BCUT2D eigenvalue weighted by atomic mass is 9.81. The first-order valence-corrected chi connectivity index (χ1v) is 9.26. The van der Waals surface area contributed by atoms with Crippen LogP contribution in [0.5, 0.6) is 0 Å². The molecule has 1 aliphatic rings. The molecule has 0 spiro atoms. The average molecular weight is 348 g/mol. The monoisotopic (exact) mass is 348 g/mol. The summed E-state index contributed by atoms with van der Waals surface area (Å²) in [6.45, 7) is 4.53. The van der Waals surface area contributed by atoms with E-state index in [2.05, 4.69) is 43.1 Å². The molecular formula is C22H24N2O2. The minimum absolute atomic E-state index is 0.213. The third-order valence-electron chi connectivity index (χ3n) is 5.53. The van der Waals surface area contributed by atoms with E-state index in [0.717, 1.165) is 40.3 Å². The molecule has 4 heteroatoms. The Labute approximate surface area is 153 Å². The molecule has 0 bridgehead atoms. The van der Waals surface area contributed by atoms with Crippen LogP contribution in [0.15, 0.2) is 42.5 Å². The molecule has 1 aliphatic carbocycles. The maximum Gasteiger partial charge on any atom is 0.356 e. The Morgan fingerprint density at radius 2 is 2.00 bits per heavy atom. The lowest BCUT2D eigenvalue weighted by molar-refractivity contribution is 0.0594. The Kier molecular flexibility index (Phi) is 4.27. The second-order valence-electron chi connectivity index (χ2n) is 7.45. The van der Waals surface area contributed by atoms with Gasteiger partial charge in [-0.25, -0.2) is 9.78 Å². The molecule has 3 aromatic rings. The van der Waals surface area contributed by atoms with Crippen molar-refractivity contribution in [3.05, 3.63) is 53.9 Å². The topological polar surface area (TPSA) is 55.0 Å². The standard InChI is InChI=1S/C22H24N2O2/c1-13(2)14-8-10-15(11-9-14)20-21-17(12-19(24-20)22(25)26-3)16-6-4-5-7-18(16)23-21/h4-8,10,12-15,23H,9,11H2,1-3H3. The zero-order valence-corrected chi connectivity index (χ0v) is 15.5. The summed E-state index contributed by atoms with van der Waals surface area (Å²) in [5.74, 6) is 1.09. The number of nitrogens with zero attached hydrogens (tertiary/aromatic N) is 1. The summed E-state index contributed by atoms with van der Waals surface area (Å²) in [5, 5.41) is 2.14. The molecule has 2 atom stereocenters. The van der Waals surface area contributed by atoms with Crippen LogP contribution in [0, 0.1) is 11.8 Å². The number of carbonyl (C=O) groups is 1. The van der Waals surface area contributed by atoms with Crippen molar-refractivity contribution in [2.75, 3.05) is 7.11 Å². The summed E-state index contributed by atoms with van der Waals surface area (Å²) in [4.78, 5) is 20.4. The van der Waals surface area contributed by atoms with E-state index in [0.29, 0.717) is 17.5 Å². The van der Waals surface area contributed by atoms with Gasteiger partial charge < -0.3 is 9.72 Å². The molecule has 0 saturated heterocycles. The quantitative estimate of drug-likeness (QED) is 0.522. The van der Waals surface area contributed by atoms with Crippen LogP contribution >= 0.6 is 0 Å². The number of aromatic amines is 1. The number of methoxy groups -OCH3 is 1. The molecule has 0 saturated carbocycles. The van der Waals surface area contributed by atoms with Crippen LogP contribution in [0.3, 0.4) is 0 Å². The van der Waals surface area contributed by atoms with Gasteiger partial charge >= 0.3 is 5.97 Å². The molecule has 2 unspecified atom stereocenters. The smallest absolute Gasteiger partial charge is 0.356 e. The molecule has 2 heterocycles. The Bertz CT molecular complexity index is 1000. The van der Waals surface area contributed by atoms with Crippen molar-refractivity contribution < 1.29 is 9.53 Å². The maximum absolute atomic E-state index is 12.2. The van der Waals surface area contributed by atoms with Crippen LogP contribution < -0.4 is 0 Å². The summed E-state index contributed by atoms with van der Waals surface area (Å²) in [6.07, 6.45) is 6.77. The van der Waals surface area contributed by atoms with Crippen molar-refractivity contribution in [3.8, 4) is 0 Å². The lowest BCUT2D eigenvalue weighted by Gasteiger charge is -2.25. The van der Waals surface area contributed by atoms with Crippen LogP contribution in [0.2, 0.25) is 0 Å². The van der Waals surface area contributed by atoms with Gasteiger partial charge in [-0.15, -0.1) is 0 Å². The van der Waals surface area contributed by atoms with Gasteiger partial charge in [-0.3, -0.25) is 0 Å². The van der Waals surface area contributed by atoms with Crippen LogP contribution in [-0.4, -0.2) is 23.0 Å². The number of benzene rings is 1. The van der Waals surface area contributed by atoms with Crippen molar-refractivity contribution in [3.63, 3.8) is 0 Å². The van der Waals surface area contributed by atoms with Gasteiger partial charge in [0, 0.05) is 22.2 Å². The zero-order chi connectivity index (χ0) is 18.3. The Balaban J connectivity index is 1.90. The molecule has 1 N–H and O–H groups in total. The van der Waals surface area contributed by atoms with Gasteiger partial charge in [0.2, 0.25) is 0 Å². The van der Waals surface area contributed by atoms with E-state index < -0.39 is 5.97 Å². The SMILES string of the molecule is COC(=O)c1cc2c([nH]c3ccccc32)c(C2C=CC(C(C)C)CC2)n1. The number of fused-ring (bicyclic) bond motifs is 3. The van der Waals surface area contributed by atoms with E-state index in [-0.39, 0.29) is 5.92 Å². The van der Waals surface area contributed by atoms with Gasteiger partial charge in [-0.2, -0.15) is 0 Å². The van der Waals surface area contributed by atoms with Crippen LogP contribution in [0.25, 0.3) is 21.8 Å². The van der Waals surface area contributed by atoms with Crippen LogP contribution in [0.4, 0.5) is 0 Å². The molecule has 26 heavy (non-hydrogen) atoms. The van der Waals surface area contributed by atoms with Gasteiger partial charge in [0.15, 0.2) is 0 Å². The Morgan fingerprint density at radius 3 is 2.69 bits per heavy atom. The molecule has 0 fully saturated rings. The fourth-order valence-electron chi connectivity index (χ4n) is 3.97. The molecule has 134 valence electrons. The second-order valence-corrected chi connectivity index (χ2v) is 7.45. The number of aromatic nitrogens is 2. The van der Waals surface area contributed by atoms with Gasteiger partial charge in [0.25, 0.3) is 0 Å². The first-order chi connectivity index (χ1) is 12.6. The summed E-state index contributed by atoms with van der Waals surface area (Å²) in [6, 6.07) is 10.0. The summed E-state index contributed by atoms with van der Waals surface area (Å²) < 4.78 is 4.94. The molecule has 1 aromatic carbocycles. The predicted molar refractivity (Wildman–Crippen MR) is 104 cm³/mol. The molecule has 4 rings (SSSR count). The fourth-order valence-corrected chi connectivity index (χ4v) is 3.97. The summed E-state index contributed by atoms with van der Waals surface area (Å²) >= 11 is 0. The highest BCUT2D eigenvalue weighted by Crippen LogP contribution is 2.37. The van der Waals surface area contributed by atoms with Crippen LogP contribution in [0.1, 0.15) is 48.8 Å². The molecule has 4 nitrogen and oxygen atoms in total. The van der Waals surface area contributed by atoms with Gasteiger partial charge in [0.1, 0.15) is 5.69 Å². The fraction of sp³-hybridized carbons (Fsp3) is 0.364. The number of pyridine rings is 1. The first-order valence-electron chi connectivity index (χ1n) is 9.26. The number of ether oxygens (including phenoxy) is 1. The molecular weight excluding hydrogens is 324 g/mol. The number of allylic oxidation sites excluding steroid dienone is 2. The van der Waals surface area contributed by atoms with E-state index in [4.69, 9.17) is 9.72 Å². The van der Waals surface area contributed by atoms with E-state index >= 15 is 0 Å². The van der Waals surface area contributed by atoms with Crippen LogP contribution in [-0.2, 0) is 4.74 Å². The zero-order valence-electron chi connectivity index (χ0n) is 15.5. The largest absolute Gasteiger partial charge is 0.464 e. The Morgan fingerprint density at radius 1 is 1.19 bits per heavy atom. The summed E-state index contributed by atoms with van der Waals surface area (Å²) in [7, 11) is 1.40. The minimum Gasteiger partial charge on any atom is -0.464 e. The summed E-state index contributed by atoms with van der Waals surface area (Å²) in [5.41, 5.74) is 3.40. The van der Waals surface area contributed by atoms with Gasteiger partial charge in [-0.05, 0) is 36.8 Å². The highest BCUT2D eigenvalue weighted by atomic mass is 16.5. The number of hydrogen-bond donors (Lipinski definition) is 1. The maximum atomic E-state index is 12.2. The number of esters is 1. The van der Waals surface area contributed by atoms with Crippen molar-refractivity contribution in [2.45, 2.75) is 32.6 Å².